The first kappa shape index (κ1) is 21.6. The normalized spacial score (nSPS) is 11.0. The molecular formula is C16H23NaO4S. The molecule has 22 heavy (non-hydrogen) atoms. The zero-order valence-corrected chi connectivity index (χ0v) is 16.6. The Morgan fingerprint density at radius 2 is 1.05 bits per heavy atom. The van der Waals surface area contributed by atoms with Crippen LogP contribution < -0.4 is 29.6 Å². The Balaban J connectivity index is 0. The molecule has 0 aromatic heterocycles. The molecule has 0 atom stereocenters. The summed E-state index contributed by atoms with van der Waals surface area (Å²) in [5.74, 6) is 0. The third-order valence-corrected chi connectivity index (χ3v) is 3.52. The van der Waals surface area contributed by atoms with Crippen molar-refractivity contribution in [3.63, 3.8) is 0 Å². The van der Waals surface area contributed by atoms with E-state index in [4.69, 9.17) is 0 Å². The van der Waals surface area contributed by atoms with E-state index in [2.05, 4.69) is 56.9 Å². The summed E-state index contributed by atoms with van der Waals surface area (Å²) < 4.78 is 30.6. The van der Waals surface area contributed by atoms with Gasteiger partial charge in [0.2, 0.25) is 0 Å². The molecule has 0 bridgehead atoms. The number of benzene rings is 2. The van der Waals surface area contributed by atoms with Crippen LogP contribution in [0, 0.1) is 0 Å². The Bertz CT molecular complexity index is 578. The molecule has 0 radical (unpaired) electrons. The van der Waals surface area contributed by atoms with Gasteiger partial charge in [0.15, 0.2) is 0 Å². The average Bonchev–Trinajstić information content (AvgIpc) is 2.36. The molecule has 0 amide bonds. The molecule has 118 valence electrons. The second-order valence-electron chi connectivity index (χ2n) is 5.05. The maximum Gasteiger partial charge on any atom is 1.00 e. The smallest absolute Gasteiger partial charge is 1.00 e. The minimum Gasteiger partial charge on any atom is -1.00 e. The first-order chi connectivity index (χ1) is 9.80. The fraction of sp³-hybridized carbons (Fsp3) is 0.375. The summed E-state index contributed by atoms with van der Waals surface area (Å²) in [7, 11) is -3.78. The van der Waals surface area contributed by atoms with Crippen LogP contribution in [0.4, 0.5) is 0 Å². The van der Waals surface area contributed by atoms with Gasteiger partial charge in [-0.25, -0.2) is 8.37 Å². The average molecular weight is 334 g/mol. The molecule has 0 N–H and O–H groups in total. The molecule has 0 aliphatic heterocycles. The molecular weight excluding hydrogens is 311 g/mol. The molecule has 0 heterocycles. The first-order valence-corrected chi connectivity index (χ1v) is 8.19. The van der Waals surface area contributed by atoms with Gasteiger partial charge in [-0.05, 0) is 38.5 Å². The van der Waals surface area contributed by atoms with Crippen LogP contribution in [-0.4, -0.2) is 20.6 Å². The van der Waals surface area contributed by atoms with Gasteiger partial charge in [-0.15, -0.1) is 0 Å². The van der Waals surface area contributed by atoms with Crippen molar-refractivity contribution in [1.29, 1.82) is 0 Å². The molecule has 0 fully saturated rings. The molecule has 0 aliphatic carbocycles. The van der Waals surface area contributed by atoms with Gasteiger partial charge < -0.3 is 1.43 Å². The Morgan fingerprint density at radius 1 is 0.773 bits per heavy atom. The van der Waals surface area contributed by atoms with E-state index in [0.29, 0.717) is 0 Å². The zero-order chi connectivity index (χ0) is 15.9. The second kappa shape index (κ2) is 10.4. The molecule has 2 aromatic rings. The van der Waals surface area contributed by atoms with E-state index >= 15 is 0 Å². The minimum absolute atomic E-state index is 0. The van der Waals surface area contributed by atoms with Crippen molar-refractivity contribution in [2.75, 3.05) is 0 Å². The molecule has 0 unspecified atom stereocenters. The molecule has 0 aliphatic rings. The van der Waals surface area contributed by atoms with Crippen molar-refractivity contribution in [1.82, 2.24) is 0 Å². The molecule has 0 spiro atoms. The van der Waals surface area contributed by atoms with Crippen LogP contribution in [0.5, 0.6) is 0 Å². The van der Waals surface area contributed by atoms with Gasteiger partial charge in [-0.2, -0.15) is 8.42 Å². The SMILES string of the molecule is CC(C)OS(=O)(=O)OC(C)C.[H-].[Na+].c1ccc2ccccc2c1. The summed E-state index contributed by atoms with van der Waals surface area (Å²) in [6.07, 6.45) is -0.752. The van der Waals surface area contributed by atoms with Gasteiger partial charge in [0.25, 0.3) is 0 Å². The Kier molecular flexibility index (Phi) is 10.2. The van der Waals surface area contributed by atoms with Crippen LogP contribution >= 0.6 is 0 Å². The topological polar surface area (TPSA) is 52.6 Å². The van der Waals surface area contributed by atoms with E-state index in [1.54, 1.807) is 27.7 Å². The molecule has 0 saturated carbocycles. The standard InChI is InChI=1S/C10H8.C6H14O4S.Na.H/c1-2-6-10-8-4-3-7-9(10)5-1;1-5(2)9-11(7,8)10-6(3)4;;/h1-8H;5-6H,1-4H3;;/q;;+1;-1. The molecule has 2 aromatic carbocycles. The summed E-state index contributed by atoms with van der Waals surface area (Å²) in [6, 6.07) is 16.7. The predicted octanol–water partition coefficient (Wildman–Crippen LogP) is 1.04. The van der Waals surface area contributed by atoms with Gasteiger partial charge in [0, 0.05) is 0 Å². The largest absolute Gasteiger partial charge is 1.00 e. The van der Waals surface area contributed by atoms with Crippen LogP contribution in [0.3, 0.4) is 0 Å². The van der Waals surface area contributed by atoms with Gasteiger partial charge in [0.1, 0.15) is 0 Å². The molecule has 6 heteroatoms. The van der Waals surface area contributed by atoms with Crippen LogP contribution in [0.25, 0.3) is 10.8 Å². The van der Waals surface area contributed by atoms with Crippen molar-refractivity contribution in [3.05, 3.63) is 48.5 Å². The van der Waals surface area contributed by atoms with Crippen molar-refractivity contribution < 1.29 is 47.8 Å². The van der Waals surface area contributed by atoms with Crippen molar-refractivity contribution in [2.24, 2.45) is 0 Å². The number of hydrogen-bond donors (Lipinski definition) is 0. The van der Waals surface area contributed by atoms with E-state index in [1.165, 1.54) is 10.8 Å². The van der Waals surface area contributed by atoms with E-state index < -0.39 is 10.4 Å². The van der Waals surface area contributed by atoms with Crippen molar-refractivity contribution >= 4 is 21.2 Å². The van der Waals surface area contributed by atoms with Crippen LogP contribution in [0.2, 0.25) is 0 Å². The van der Waals surface area contributed by atoms with Crippen LogP contribution in [0.1, 0.15) is 29.1 Å². The monoisotopic (exact) mass is 334 g/mol. The summed E-state index contributed by atoms with van der Waals surface area (Å²) in [4.78, 5) is 0. The maximum atomic E-state index is 10.8. The second-order valence-corrected chi connectivity index (χ2v) is 6.25. The van der Waals surface area contributed by atoms with Gasteiger partial charge in [-0.1, -0.05) is 48.5 Å². The molecule has 2 rings (SSSR count). The third kappa shape index (κ3) is 8.88. The van der Waals surface area contributed by atoms with Gasteiger partial charge >= 0.3 is 40.0 Å². The van der Waals surface area contributed by atoms with Crippen molar-refractivity contribution in [3.8, 4) is 0 Å². The van der Waals surface area contributed by atoms with Crippen molar-refractivity contribution in [2.45, 2.75) is 39.9 Å². The first-order valence-electron chi connectivity index (χ1n) is 6.85. The van der Waals surface area contributed by atoms with Gasteiger partial charge in [-0.3, -0.25) is 0 Å². The maximum absolute atomic E-state index is 10.8. The van der Waals surface area contributed by atoms with Crippen LogP contribution in [0.15, 0.2) is 48.5 Å². The minimum atomic E-state index is -3.78. The number of fused-ring (bicyclic) bond motifs is 1. The summed E-state index contributed by atoms with van der Waals surface area (Å²) in [6.45, 7) is 6.50. The fourth-order valence-electron chi connectivity index (χ4n) is 1.63. The summed E-state index contributed by atoms with van der Waals surface area (Å²) in [5, 5.41) is 2.62. The zero-order valence-electron chi connectivity index (χ0n) is 14.8. The summed E-state index contributed by atoms with van der Waals surface area (Å²) in [5.41, 5.74) is 0. The number of rotatable bonds is 4. The third-order valence-electron chi connectivity index (χ3n) is 2.28. The quantitative estimate of drug-likeness (QED) is 0.784. The fourth-order valence-corrected chi connectivity index (χ4v) is 2.62. The molecule has 0 saturated heterocycles. The Labute approximate surface area is 156 Å². The summed E-state index contributed by atoms with van der Waals surface area (Å²) >= 11 is 0. The Hall–Kier alpha value is -0.430. The molecule has 4 nitrogen and oxygen atoms in total. The number of hydrogen-bond acceptors (Lipinski definition) is 4. The van der Waals surface area contributed by atoms with Crippen LogP contribution in [-0.2, 0) is 18.8 Å². The Morgan fingerprint density at radius 3 is 1.27 bits per heavy atom. The van der Waals surface area contributed by atoms with E-state index in [0.717, 1.165) is 0 Å². The van der Waals surface area contributed by atoms with E-state index in [1.807, 2.05) is 0 Å². The van der Waals surface area contributed by atoms with E-state index in [9.17, 15) is 8.42 Å². The van der Waals surface area contributed by atoms with Gasteiger partial charge in [0.05, 0.1) is 12.2 Å². The van der Waals surface area contributed by atoms with E-state index in [-0.39, 0.29) is 43.2 Å². The predicted molar refractivity (Wildman–Crippen MR) is 86.4 cm³/mol.